The van der Waals surface area contributed by atoms with Gasteiger partial charge in [0.05, 0.1) is 0 Å². The van der Waals surface area contributed by atoms with Gasteiger partial charge in [0.15, 0.2) is 0 Å². The highest BCUT2D eigenvalue weighted by Crippen LogP contribution is 2.63. The van der Waals surface area contributed by atoms with Crippen LogP contribution in [0.2, 0.25) is 0 Å². The summed E-state index contributed by atoms with van der Waals surface area (Å²) in [5.41, 5.74) is 3.91. The molecular weight excluding hydrogens is 280 g/mol. The highest BCUT2D eigenvalue weighted by molar-refractivity contribution is 5.35. The van der Waals surface area contributed by atoms with Crippen LogP contribution in [0.1, 0.15) is 46.0 Å². The predicted molar refractivity (Wildman–Crippen MR) is 97.0 cm³/mol. The van der Waals surface area contributed by atoms with Gasteiger partial charge in [-0.05, 0) is 56.9 Å². The second kappa shape index (κ2) is 5.24. The molecule has 0 heterocycles. The Balaban J connectivity index is 1.66. The van der Waals surface area contributed by atoms with Crippen molar-refractivity contribution in [1.82, 2.24) is 10.6 Å². The Kier molecular flexibility index (Phi) is 3.53. The second-order valence-corrected chi connectivity index (χ2v) is 8.64. The lowest BCUT2D eigenvalue weighted by atomic mass is 9.49. The molecule has 0 bridgehead atoms. The van der Waals surface area contributed by atoms with Crippen LogP contribution in [0, 0.1) is 28.6 Å². The van der Waals surface area contributed by atoms with E-state index in [9.17, 15) is 0 Å². The molecule has 0 aromatic heterocycles. The lowest BCUT2D eigenvalue weighted by Gasteiger charge is -2.56. The molecule has 0 aromatic carbocycles. The highest BCUT2D eigenvalue weighted by atomic mass is 14.9. The van der Waals surface area contributed by atoms with Gasteiger partial charge in [-0.15, -0.1) is 0 Å². The first-order valence-corrected chi connectivity index (χ1v) is 9.47. The average Bonchev–Trinajstić information content (AvgIpc) is 2.90. The lowest BCUT2D eigenvalue weighted by Crippen LogP contribution is -2.50. The van der Waals surface area contributed by atoms with E-state index in [0.717, 1.165) is 17.8 Å². The van der Waals surface area contributed by atoms with E-state index < -0.39 is 0 Å². The fourth-order valence-electron chi connectivity index (χ4n) is 6.41. The van der Waals surface area contributed by atoms with Gasteiger partial charge < -0.3 is 10.6 Å². The van der Waals surface area contributed by atoms with Crippen molar-refractivity contribution in [2.75, 3.05) is 14.1 Å². The summed E-state index contributed by atoms with van der Waals surface area (Å²) in [5.74, 6) is 2.51. The molecule has 2 heteroatoms. The maximum absolute atomic E-state index is 3.50. The topological polar surface area (TPSA) is 24.1 Å². The van der Waals surface area contributed by atoms with Crippen molar-refractivity contribution < 1.29 is 0 Å². The molecule has 0 amide bonds. The van der Waals surface area contributed by atoms with E-state index in [2.05, 4.69) is 62.9 Å². The molecular formula is C21H32N2. The van der Waals surface area contributed by atoms with Gasteiger partial charge in [0, 0.05) is 29.6 Å². The molecule has 1 unspecified atom stereocenters. The standard InChI is InChI=1S/C21H32N2/c1-20-11-9-15(22-3)13-14(20)5-6-16-17-7-8-19(23-4)21(17,2)12-10-18(16)20/h5,8-9,11,15-18,22-23H,6-7,10,12-13H2,1-4H3/t15?,16-,17-,18-,20-,21-/m0/s1. The van der Waals surface area contributed by atoms with Crippen LogP contribution in [0.5, 0.6) is 0 Å². The third kappa shape index (κ3) is 2.03. The van der Waals surface area contributed by atoms with Gasteiger partial charge in [-0.2, -0.15) is 0 Å². The van der Waals surface area contributed by atoms with Crippen LogP contribution >= 0.6 is 0 Å². The van der Waals surface area contributed by atoms with Crippen LogP contribution in [0.25, 0.3) is 0 Å². The minimum atomic E-state index is 0.306. The Bertz CT molecular complexity index is 587. The second-order valence-electron chi connectivity index (χ2n) is 8.64. The molecule has 0 spiro atoms. The summed E-state index contributed by atoms with van der Waals surface area (Å²) in [6.45, 7) is 5.03. The van der Waals surface area contributed by atoms with Crippen LogP contribution in [-0.4, -0.2) is 20.1 Å². The zero-order chi connectivity index (χ0) is 16.2. The minimum absolute atomic E-state index is 0.306. The fourth-order valence-corrected chi connectivity index (χ4v) is 6.41. The van der Waals surface area contributed by atoms with Crippen LogP contribution in [-0.2, 0) is 0 Å². The summed E-state index contributed by atoms with van der Waals surface area (Å²) < 4.78 is 0. The number of hydrogen-bond acceptors (Lipinski definition) is 2. The molecule has 1 saturated carbocycles. The smallest absolute Gasteiger partial charge is 0.0285 e. The molecule has 0 aromatic rings. The lowest BCUT2D eigenvalue weighted by molar-refractivity contribution is 0.00496. The monoisotopic (exact) mass is 312 g/mol. The summed E-state index contributed by atoms with van der Waals surface area (Å²) in [6.07, 6.45) is 16.6. The van der Waals surface area contributed by atoms with Gasteiger partial charge in [0.2, 0.25) is 0 Å². The number of nitrogens with one attached hydrogen (secondary N) is 2. The average molecular weight is 313 g/mol. The minimum Gasteiger partial charge on any atom is -0.391 e. The van der Waals surface area contributed by atoms with E-state index in [1.54, 1.807) is 5.57 Å². The largest absolute Gasteiger partial charge is 0.391 e. The molecule has 2 nitrogen and oxygen atoms in total. The van der Waals surface area contributed by atoms with Crippen molar-refractivity contribution in [3.63, 3.8) is 0 Å². The molecule has 0 aliphatic heterocycles. The van der Waals surface area contributed by atoms with Crippen molar-refractivity contribution in [3.8, 4) is 0 Å². The van der Waals surface area contributed by atoms with E-state index in [4.69, 9.17) is 0 Å². The first-order valence-electron chi connectivity index (χ1n) is 9.47. The predicted octanol–water partition coefficient (Wildman–Crippen LogP) is 4.03. The van der Waals surface area contributed by atoms with Gasteiger partial charge >= 0.3 is 0 Å². The van der Waals surface area contributed by atoms with E-state index >= 15 is 0 Å². The third-order valence-corrected chi connectivity index (χ3v) is 7.87. The first-order chi connectivity index (χ1) is 11.0. The molecule has 0 radical (unpaired) electrons. The van der Waals surface area contributed by atoms with E-state index in [1.165, 1.54) is 37.8 Å². The molecule has 4 rings (SSSR count). The summed E-state index contributed by atoms with van der Waals surface area (Å²) in [7, 11) is 4.19. The van der Waals surface area contributed by atoms with Gasteiger partial charge in [0.25, 0.3) is 0 Å². The Labute approximate surface area is 141 Å². The molecule has 1 fully saturated rings. The van der Waals surface area contributed by atoms with E-state index in [0.29, 0.717) is 16.9 Å². The van der Waals surface area contributed by atoms with Crippen LogP contribution in [0.15, 0.2) is 35.6 Å². The van der Waals surface area contributed by atoms with Crippen molar-refractivity contribution in [1.29, 1.82) is 0 Å². The van der Waals surface area contributed by atoms with Crippen LogP contribution in [0.4, 0.5) is 0 Å². The molecule has 6 atom stereocenters. The first kappa shape index (κ1) is 15.5. The van der Waals surface area contributed by atoms with Crippen LogP contribution in [0.3, 0.4) is 0 Å². The van der Waals surface area contributed by atoms with Crippen molar-refractivity contribution >= 4 is 0 Å². The molecule has 4 aliphatic rings. The van der Waals surface area contributed by atoms with Crippen molar-refractivity contribution in [2.45, 2.75) is 52.0 Å². The molecule has 4 aliphatic carbocycles. The summed E-state index contributed by atoms with van der Waals surface area (Å²) in [5, 5.41) is 6.94. The summed E-state index contributed by atoms with van der Waals surface area (Å²) in [4.78, 5) is 0. The maximum Gasteiger partial charge on any atom is 0.0285 e. The number of rotatable bonds is 2. The number of likely N-dealkylation sites (N-methyl/N-ethyl adjacent to an activating group) is 1. The summed E-state index contributed by atoms with van der Waals surface area (Å²) >= 11 is 0. The van der Waals surface area contributed by atoms with Crippen molar-refractivity contribution in [2.24, 2.45) is 28.6 Å². The maximum atomic E-state index is 3.50. The Morgan fingerprint density at radius 2 is 1.91 bits per heavy atom. The number of hydrogen-bond donors (Lipinski definition) is 2. The molecule has 126 valence electrons. The fraction of sp³-hybridized carbons (Fsp3) is 0.714. The Morgan fingerprint density at radius 1 is 1.09 bits per heavy atom. The molecule has 0 saturated heterocycles. The van der Waals surface area contributed by atoms with Gasteiger partial charge in [0.1, 0.15) is 0 Å². The quantitative estimate of drug-likeness (QED) is 0.752. The Morgan fingerprint density at radius 3 is 2.65 bits per heavy atom. The van der Waals surface area contributed by atoms with Gasteiger partial charge in [-0.3, -0.25) is 0 Å². The highest BCUT2D eigenvalue weighted by Gasteiger charge is 2.55. The normalized spacial score (nSPS) is 48.0. The number of fused-ring (bicyclic) bond motifs is 5. The molecule has 2 N–H and O–H groups in total. The summed E-state index contributed by atoms with van der Waals surface area (Å²) in [6, 6.07) is 0.531. The zero-order valence-electron chi connectivity index (χ0n) is 15.2. The zero-order valence-corrected chi connectivity index (χ0v) is 15.2. The van der Waals surface area contributed by atoms with Crippen LogP contribution < -0.4 is 10.6 Å². The van der Waals surface area contributed by atoms with E-state index in [1.807, 2.05) is 0 Å². The van der Waals surface area contributed by atoms with E-state index in [-0.39, 0.29) is 0 Å². The van der Waals surface area contributed by atoms with Gasteiger partial charge in [-0.25, -0.2) is 0 Å². The Hall–Kier alpha value is -1.02. The SMILES string of the molecule is CNC1=CC[C@H]2[C@@H]3CC=C4CC(NC)C=C[C@]4(C)[C@H]3CC[C@]12C. The van der Waals surface area contributed by atoms with Gasteiger partial charge in [-0.1, -0.05) is 43.7 Å². The molecule has 23 heavy (non-hydrogen) atoms. The number of allylic oxidation sites excluding steroid dienone is 4. The van der Waals surface area contributed by atoms with Crippen molar-refractivity contribution in [3.05, 3.63) is 35.6 Å². The third-order valence-electron chi connectivity index (χ3n) is 7.87.